The molecule has 6 N–H and O–H groups in total. The van der Waals surface area contributed by atoms with E-state index in [-0.39, 0.29) is 12.2 Å². The minimum atomic E-state index is -0.801. The van der Waals surface area contributed by atoms with Gasteiger partial charge in [0.15, 0.2) is 5.78 Å². The third kappa shape index (κ3) is 6.84. The molecule has 8 heteroatoms. The van der Waals surface area contributed by atoms with Crippen LogP contribution in [0.5, 0.6) is 0 Å². The molecule has 3 amide bonds. The first kappa shape index (κ1) is 19.0. The van der Waals surface area contributed by atoms with Gasteiger partial charge in [0.2, 0.25) is 17.7 Å². The fourth-order valence-corrected chi connectivity index (χ4v) is 1.42. The number of nitrogens with two attached hydrogens (primary N) is 2. The standard InChI is InChI=1S/C13H24N4O4/c1-6(12(20)17-9(4)11(15)19)5-10(18)8(3)16-13(21)7(2)14/h6-9H,5,14H2,1-4H3,(H2,15,19)(H,16,21)(H,17,20). The summed E-state index contributed by atoms with van der Waals surface area (Å²) in [6.45, 7) is 6.05. The van der Waals surface area contributed by atoms with Gasteiger partial charge < -0.3 is 22.1 Å². The van der Waals surface area contributed by atoms with Gasteiger partial charge in [0.05, 0.1) is 12.1 Å². The Labute approximate surface area is 124 Å². The lowest BCUT2D eigenvalue weighted by Gasteiger charge is -2.18. The van der Waals surface area contributed by atoms with Crippen molar-refractivity contribution in [3.05, 3.63) is 0 Å². The summed E-state index contributed by atoms with van der Waals surface area (Å²) < 4.78 is 0. The summed E-state index contributed by atoms with van der Waals surface area (Å²) in [6, 6.07) is -2.24. The number of rotatable bonds is 8. The van der Waals surface area contributed by atoms with Crippen LogP contribution in [0.1, 0.15) is 34.1 Å². The van der Waals surface area contributed by atoms with Crippen molar-refractivity contribution in [2.75, 3.05) is 0 Å². The number of Topliss-reactive ketones (excluding diaryl/α,β-unsaturated/α-hetero) is 1. The van der Waals surface area contributed by atoms with E-state index in [0.29, 0.717) is 0 Å². The molecule has 0 heterocycles. The molecule has 120 valence electrons. The second-order valence-corrected chi connectivity index (χ2v) is 5.22. The average Bonchev–Trinajstić information content (AvgIpc) is 2.37. The number of hydrogen-bond acceptors (Lipinski definition) is 5. The molecular weight excluding hydrogens is 276 g/mol. The van der Waals surface area contributed by atoms with Gasteiger partial charge in [-0.15, -0.1) is 0 Å². The highest BCUT2D eigenvalue weighted by molar-refractivity contribution is 5.94. The smallest absolute Gasteiger partial charge is 0.239 e. The summed E-state index contributed by atoms with van der Waals surface area (Å²) >= 11 is 0. The molecule has 0 bridgehead atoms. The molecule has 21 heavy (non-hydrogen) atoms. The molecule has 0 aromatic rings. The van der Waals surface area contributed by atoms with Crippen molar-refractivity contribution in [3.63, 3.8) is 0 Å². The highest BCUT2D eigenvalue weighted by Gasteiger charge is 2.24. The lowest BCUT2D eigenvalue weighted by Crippen LogP contribution is -2.47. The maximum atomic E-state index is 11.9. The molecular formula is C13H24N4O4. The maximum Gasteiger partial charge on any atom is 0.239 e. The van der Waals surface area contributed by atoms with E-state index in [9.17, 15) is 19.2 Å². The second kappa shape index (κ2) is 8.35. The van der Waals surface area contributed by atoms with Crippen molar-refractivity contribution in [3.8, 4) is 0 Å². The van der Waals surface area contributed by atoms with E-state index in [1.54, 1.807) is 6.92 Å². The summed E-state index contributed by atoms with van der Waals surface area (Å²) in [6.07, 6.45) is -0.0578. The lowest BCUT2D eigenvalue weighted by atomic mass is 9.99. The SMILES string of the molecule is CC(N)C(=O)NC(C)C(=O)CC(C)C(=O)NC(C)C(N)=O. The normalized spacial score (nSPS) is 16.2. The van der Waals surface area contributed by atoms with E-state index in [1.165, 1.54) is 20.8 Å². The first-order chi connectivity index (χ1) is 9.56. The molecule has 0 saturated heterocycles. The Kier molecular flexibility index (Phi) is 7.57. The molecule has 0 aromatic carbocycles. The number of nitrogens with one attached hydrogen (secondary N) is 2. The van der Waals surface area contributed by atoms with Gasteiger partial charge in [-0.05, 0) is 20.8 Å². The summed E-state index contributed by atoms with van der Waals surface area (Å²) in [4.78, 5) is 45.9. The largest absolute Gasteiger partial charge is 0.368 e. The van der Waals surface area contributed by atoms with Crippen LogP contribution >= 0.6 is 0 Å². The van der Waals surface area contributed by atoms with Crippen LogP contribution in [-0.2, 0) is 19.2 Å². The zero-order chi connectivity index (χ0) is 16.7. The Hall–Kier alpha value is -1.96. The molecule has 0 aliphatic heterocycles. The van der Waals surface area contributed by atoms with Crippen molar-refractivity contribution in [1.29, 1.82) is 0 Å². The molecule has 0 spiro atoms. The summed E-state index contributed by atoms with van der Waals surface area (Å²) in [7, 11) is 0. The van der Waals surface area contributed by atoms with Gasteiger partial charge in [0.25, 0.3) is 0 Å². The molecule has 4 unspecified atom stereocenters. The Morgan fingerprint density at radius 1 is 0.905 bits per heavy atom. The lowest BCUT2D eigenvalue weighted by molar-refractivity contribution is -0.132. The van der Waals surface area contributed by atoms with Crippen LogP contribution < -0.4 is 22.1 Å². The first-order valence-corrected chi connectivity index (χ1v) is 6.74. The third-order valence-electron chi connectivity index (χ3n) is 3.00. The summed E-state index contributed by atoms with van der Waals surface area (Å²) in [5.41, 5.74) is 10.4. The Morgan fingerprint density at radius 2 is 1.38 bits per heavy atom. The van der Waals surface area contributed by atoms with Crippen molar-refractivity contribution in [2.45, 2.75) is 52.2 Å². The van der Waals surface area contributed by atoms with Crippen LogP contribution in [0.2, 0.25) is 0 Å². The number of carbonyl (C=O) groups is 4. The van der Waals surface area contributed by atoms with Gasteiger partial charge in [-0.25, -0.2) is 0 Å². The topological polar surface area (TPSA) is 144 Å². The van der Waals surface area contributed by atoms with Gasteiger partial charge in [0, 0.05) is 12.3 Å². The minimum absolute atomic E-state index is 0.0578. The predicted molar refractivity (Wildman–Crippen MR) is 76.8 cm³/mol. The monoisotopic (exact) mass is 300 g/mol. The zero-order valence-electron chi connectivity index (χ0n) is 12.8. The van der Waals surface area contributed by atoms with Crippen LogP contribution in [0, 0.1) is 5.92 Å². The molecule has 0 fully saturated rings. The van der Waals surface area contributed by atoms with Gasteiger partial charge >= 0.3 is 0 Å². The summed E-state index contributed by atoms with van der Waals surface area (Å²) in [5.74, 6) is -2.46. The van der Waals surface area contributed by atoms with E-state index in [1.807, 2.05) is 0 Å². The van der Waals surface area contributed by atoms with E-state index in [2.05, 4.69) is 10.6 Å². The van der Waals surface area contributed by atoms with E-state index >= 15 is 0 Å². The molecule has 0 rings (SSSR count). The fourth-order valence-electron chi connectivity index (χ4n) is 1.42. The highest BCUT2D eigenvalue weighted by atomic mass is 16.2. The molecule has 4 atom stereocenters. The number of ketones is 1. The van der Waals surface area contributed by atoms with Gasteiger partial charge in [0.1, 0.15) is 6.04 Å². The Morgan fingerprint density at radius 3 is 1.81 bits per heavy atom. The van der Waals surface area contributed by atoms with E-state index in [4.69, 9.17) is 11.5 Å². The number of primary amides is 1. The first-order valence-electron chi connectivity index (χ1n) is 6.74. The molecule has 0 aromatic heterocycles. The highest BCUT2D eigenvalue weighted by Crippen LogP contribution is 2.06. The van der Waals surface area contributed by atoms with E-state index in [0.717, 1.165) is 0 Å². The average molecular weight is 300 g/mol. The van der Waals surface area contributed by atoms with Crippen molar-refractivity contribution in [1.82, 2.24) is 10.6 Å². The van der Waals surface area contributed by atoms with Crippen LogP contribution in [0.4, 0.5) is 0 Å². The van der Waals surface area contributed by atoms with Crippen molar-refractivity contribution >= 4 is 23.5 Å². The van der Waals surface area contributed by atoms with Crippen LogP contribution in [0.3, 0.4) is 0 Å². The molecule has 0 aliphatic rings. The van der Waals surface area contributed by atoms with Crippen molar-refractivity contribution in [2.24, 2.45) is 17.4 Å². The van der Waals surface area contributed by atoms with Crippen LogP contribution in [0.25, 0.3) is 0 Å². The Balaban J connectivity index is 4.40. The number of carbonyl (C=O) groups excluding carboxylic acids is 4. The number of amides is 3. The van der Waals surface area contributed by atoms with E-state index < -0.39 is 41.8 Å². The maximum absolute atomic E-state index is 11.9. The van der Waals surface area contributed by atoms with Gasteiger partial charge in [-0.2, -0.15) is 0 Å². The van der Waals surface area contributed by atoms with Crippen LogP contribution in [-0.4, -0.2) is 41.6 Å². The number of hydrogen-bond donors (Lipinski definition) is 4. The van der Waals surface area contributed by atoms with Crippen LogP contribution in [0.15, 0.2) is 0 Å². The Bertz CT molecular complexity index is 422. The fraction of sp³-hybridized carbons (Fsp3) is 0.692. The second-order valence-electron chi connectivity index (χ2n) is 5.22. The predicted octanol–water partition coefficient (Wildman–Crippen LogP) is -1.58. The zero-order valence-corrected chi connectivity index (χ0v) is 12.8. The molecule has 8 nitrogen and oxygen atoms in total. The summed E-state index contributed by atoms with van der Waals surface area (Å²) in [5, 5.41) is 4.87. The van der Waals surface area contributed by atoms with Gasteiger partial charge in [-0.3, -0.25) is 19.2 Å². The quantitative estimate of drug-likeness (QED) is 0.427. The van der Waals surface area contributed by atoms with Gasteiger partial charge in [-0.1, -0.05) is 6.92 Å². The molecule has 0 saturated carbocycles. The van der Waals surface area contributed by atoms with Crippen molar-refractivity contribution < 1.29 is 19.2 Å². The molecule has 0 radical (unpaired) electrons. The third-order valence-corrected chi connectivity index (χ3v) is 3.00. The molecule has 0 aliphatic carbocycles. The minimum Gasteiger partial charge on any atom is -0.368 e.